The van der Waals surface area contributed by atoms with Crippen molar-refractivity contribution in [1.29, 1.82) is 0 Å². The second kappa shape index (κ2) is 8.88. The second-order valence-electron chi connectivity index (χ2n) is 7.99. The lowest BCUT2D eigenvalue weighted by molar-refractivity contribution is 0.254. The molecule has 0 amide bonds. The number of nitrogens with zero attached hydrogens (tertiary/aromatic N) is 3. The van der Waals surface area contributed by atoms with Crippen molar-refractivity contribution in [3.8, 4) is 5.88 Å². The highest BCUT2D eigenvalue weighted by atomic mass is 19.1. The van der Waals surface area contributed by atoms with Crippen molar-refractivity contribution in [2.75, 3.05) is 37.6 Å². The number of aryl methyl sites for hydroxylation is 1. The highest BCUT2D eigenvalue weighted by Gasteiger charge is 2.18. The third kappa shape index (κ3) is 4.33. The van der Waals surface area contributed by atoms with E-state index >= 15 is 0 Å². The molecule has 0 spiro atoms. The number of halogens is 1. The van der Waals surface area contributed by atoms with Crippen molar-refractivity contribution >= 4 is 28.5 Å². The molecule has 1 aliphatic rings. The van der Waals surface area contributed by atoms with Gasteiger partial charge in [-0.3, -0.25) is 9.89 Å². The van der Waals surface area contributed by atoms with Crippen LogP contribution in [0.2, 0.25) is 0 Å². The molecule has 1 aliphatic heterocycles. The van der Waals surface area contributed by atoms with Crippen LogP contribution in [0.1, 0.15) is 30.9 Å². The standard InChI is InChI=1S/C24H29FN4O/c1-3-4-9-28-10-12-29(13-11-28)23-8-6-19(14-17(23)2)26-16-21-20-15-18(25)5-7-22(20)27-24(21)30/h5-8,14-16,27,30H,3-4,9-13H2,1-2H3. The molecule has 6 heteroatoms. The molecule has 1 aromatic heterocycles. The van der Waals surface area contributed by atoms with Crippen LogP contribution in [0.3, 0.4) is 0 Å². The molecule has 1 saturated heterocycles. The van der Waals surface area contributed by atoms with Crippen LogP contribution in [0.15, 0.2) is 41.4 Å². The molecule has 0 aliphatic carbocycles. The predicted molar refractivity (Wildman–Crippen MR) is 122 cm³/mol. The van der Waals surface area contributed by atoms with Gasteiger partial charge in [-0.25, -0.2) is 4.39 Å². The number of aromatic hydroxyl groups is 1. The molecule has 5 nitrogen and oxygen atoms in total. The predicted octanol–water partition coefficient (Wildman–Crippen LogP) is 4.99. The van der Waals surface area contributed by atoms with Gasteiger partial charge in [-0.1, -0.05) is 13.3 Å². The zero-order chi connectivity index (χ0) is 21.1. The maximum absolute atomic E-state index is 13.6. The van der Waals surface area contributed by atoms with E-state index in [9.17, 15) is 9.50 Å². The Balaban J connectivity index is 1.48. The van der Waals surface area contributed by atoms with Crippen LogP contribution in [0.4, 0.5) is 15.8 Å². The van der Waals surface area contributed by atoms with E-state index in [1.54, 1.807) is 12.3 Å². The maximum Gasteiger partial charge on any atom is 0.198 e. The lowest BCUT2D eigenvalue weighted by Gasteiger charge is -2.36. The zero-order valence-corrected chi connectivity index (χ0v) is 17.7. The number of anilines is 1. The Morgan fingerprint density at radius 1 is 1.13 bits per heavy atom. The number of piperazine rings is 1. The molecule has 0 radical (unpaired) electrons. The number of aromatic amines is 1. The van der Waals surface area contributed by atoms with Gasteiger partial charge in [0, 0.05) is 49.0 Å². The summed E-state index contributed by atoms with van der Waals surface area (Å²) >= 11 is 0. The summed E-state index contributed by atoms with van der Waals surface area (Å²) in [4.78, 5) is 12.4. The first-order chi connectivity index (χ1) is 14.5. The monoisotopic (exact) mass is 408 g/mol. The number of hydrogen-bond donors (Lipinski definition) is 2. The molecule has 3 aromatic rings. The first-order valence-electron chi connectivity index (χ1n) is 10.7. The second-order valence-corrected chi connectivity index (χ2v) is 7.99. The lowest BCUT2D eigenvalue weighted by atomic mass is 10.1. The smallest absolute Gasteiger partial charge is 0.198 e. The molecule has 2 aromatic carbocycles. The van der Waals surface area contributed by atoms with E-state index in [2.05, 4.69) is 45.8 Å². The van der Waals surface area contributed by atoms with Crippen molar-refractivity contribution in [2.24, 2.45) is 4.99 Å². The average Bonchev–Trinajstić information content (AvgIpc) is 3.05. The topological polar surface area (TPSA) is 54.9 Å². The summed E-state index contributed by atoms with van der Waals surface area (Å²) in [6, 6.07) is 10.6. The third-order valence-corrected chi connectivity index (χ3v) is 5.84. The third-order valence-electron chi connectivity index (χ3n) is 5.84. The highest BCUT2D eigenvalue weighted by Crippen LogP contribution is 2.29. The van der Waals surface area contributed by atoms with Crippen molar-refractivity contribution in [3.05, 3.63) is 53.3 Å². The van der Waals surface area contributed by atoms with E-state index in [4.69, 9.17) is 0 Å². The molecule has 0 saturated carbocycles. The number of fused-ring (bicyclic) bond motifs is 1. The molecule has 158 valence electrons. The first kappa shape index (κ1) is 20.4. The van der Waals surface area contributed by atoms with Crippen LogP contribution in [-0.2, 0) is 0 Å². The van der Waals surface area contributed by atoms with Crippen molar-refractivity contribution in [1.82, 2.24) is 9.88 Å². The Kier molecular flexibility index (Phi) is 6.04. The van der Waals surface area contributed by atoms with Gasteiger partial charge in [0.2, 0.25) is 0 Å². The SMILES string of the molecule is CCCCN1CCN(c2ccc(N=Cc3c(O)[nH]c4ccc(F)cc34)cc2C)CC1. The van der Waals surface area contributed by atoms with Crippen LogP contribution in [0.5, 0.6) is 5.88 Å². The fourth-order valence-corrected chi connectivity index (χ4v) is 4.11. The van der Waals surface area contributed by atoms with E-state index in [1.165, 1.54) is 42.8 Å². The number of nitrogens with one attached hydrogen (secondary N) is 1. The minimum absolute atomic E-state index is 0.00589. The number of benzene rings is 2. The fraction of sp³-hybridized carbons (Fsp3) is 0.375. The minimum atomic E-state index is -0.342. The van der Waals surface area contributed by atoms with Crippen LogP contribution in [0.25, 0.3) is 10.9 Å². The quantitative estimate of drug-likeness (QED) is 0.565. The van der Waals surface area contributed by atoms with Crippen molar-refractivity contribution < 1.29 is 9.50 Å². The van der Waals surface area contributed by atoms with Gasteiger partial charge in [0.05, 0.1) is 11.3 Å². The summed E-state index contributed by atoms with van der Waals surface area (Å²) < 4.78 is 13.6. The summed E-state index contributed by atoms with van der Waals surface area (Å²) in [5.74, 6) is -0.347. The van der Waals surface area contributed by atoms with Gasteiger partial charge in [0.25, 0.3) is 0 Å². The van der Waals surface area contributed by atoms with E-state index in [0.717, 1.165) is 31.9 Å². The van der Waals surface area contributed by atoms with E-state index in [0.29, 0.717) is 16.5 Å². The normalized spacial score (nSPS) is 15.5. The summed E-state index contributed by atoms with van der Waals surface area (Å²) in [5, 5.41) is 10.8. The minimum Gasteiger partial charge on any atom is -0.494 e. The molecule has 2 heterocycles. The molecule has 0 bridgehead atoms. The summed E-state index contributed by atoms with van der Waals surface area (Å²) in [6.45, 7) is 9.84. The van der Waals surface area contributed by atoms with Crippen LogP contribution in [0, 0.1) is 12.7 Å². The molecular weight excluding hydrogens is 379 g/mol. The number of aliphatic imine (C=N–C) groups is 1. The van der Waals surface area contributed by atoms with Gasteiger partial charge in [0.15, 0.2) is 5.88 Å². The summed E-state index contributed by atoms with van der Waals surface area (Å²) in [5.41, 5.74) is 4.42. The molecule has 4 rings (SSSR count). The van der Waals surface area contributed by atoms with E-state index < -0.39 is 0 Å². The Hall–Kier alpha value is -2.86. The van der Waals surface area contributed by atoms with Gasteiger partial charge >= 0.3 is 0 Å². The molecule has 30 heavy (non-hydrogen) atoms. The Morgan fingerprint density at radius 3 is 2.67 bits per heavy atom. The summed E-state index contributed by atoms with van der Waals surface area (Å²) in [6.07, 6.45) is 4.10. The lowest BCUT2D eigenvalue weighted by Crippen LogP contribution is -2.46. The van der Waals surface area contributed by atoms with Gasteiger partial charge in [0.1, 0.15) is 5.82 Å². The molecule has 1 fully saturated rings. The maximum atomic E-state index is 13.6. The van der Waals surface area contributed by atoms with E-state index in [1.807, 2.05) is 6.07 Å². The molecular formula is C24H29FN4O. The fourth-order valence-electron chi connectivity index (χ4n) is 4.11. The van der Waals surface area contributed by atoms with Gasteiger partial charge < -0.3 is 15.0 Å². The number of H-pyrrole nitrogens is 1. The zero-order valence-electron chi connectivity index (χ0n) is 17.7. The molecule has 0 atom stereocenters. The van der Waals surface area contributed by atoms with Gasteiger partial charge in [-0.2, -0.15) is 0 Å². The Morgan fingerprint density at radius 2 is 1.93 bits per heavy atom. The number of rotatable bonds is 6. The molecule has 2 N–H and O–H groups in total. The highest BCUT2D eigenvalue weighted by molar-refractivity contribution is 6.02. The van der Waals surface area contributed by atoms with Crippen LogP contribution >= 0.6 is 0 Å². The first-order valence-corrected chi connectivity index (χ1v) is 10.7. The largest absolute Gasteiger partial charge is 0.494 e. The van der Waals surface area contributed by atoms with Gasteiger partial charge in [-0.15, -0.1) is 0 Å². The van der Waals surface area contributed by atoms with Gasteiger partial charge in [-0.05, 0) is 61.9 Å². The molecule has 0 unspecified atom stereocenters. The summed E-state index contributed by atoms with van der Waals surface area (Å²) in [7, 11) is 0. The Bertz CT molecular complexity index is 1050. The van der Waals surface area contributed by atoms with Crippen molar-refractivity contribution in [2.45, 2.75) is 26.7 Å². The van der Waals surface area contributed by atoms with Crippen LogP contribution in [-0.4, -0.2) is 53.9 Å². The average molecular weight is 409 g/mol. The number of unbranched alkanes of at least 4 members (excludes halogenated alkanes) is 1. The number of aromatic nitrogens is 1. The Labute approximate surface area is 176 Å². The number of hydrogen-bond acceptors (Lipinski definition) is 4. The van der Waals surface area contributed by atoms with Crippen molar-refractivity contribution in [3.63, 3.8) is 0 Å². The van der Waals surface area contributed by atoms with E-state index in [-0.39, 0.29) is 11.7 Å². The van der Waals surface area contributed by atoms with Crippen LogP contribution < -0.4 is 4.90 Å².